The van der Waals surface area contributed by atoms with E-state index in [9.17, 15) is 4.79 Å². The van der Waals surface area contributed by atoms with Crippen molar-refractivity contribution in [2.75, 3.05) is 18.0 Å². The lowest BCUT2D eigenvalue weighted by atomic mass is 9.90. The Bertz CT molecular complexity index is 813. The minimum absolute atomic E-state index is 0.289. The van der Waals surface area contributed by atoms with E-state index in [0.717, 1.165) is 31.7 Å². The van der Waals surface area contributed by atoms with Gasteiger partial charge in [0, 0.05) is 18.6 Å². The quantitative estimate of drug-likeness (QED) is 0.861. The summed E-state index contributed by atoms with van der Waals surface area (Å²) in [6, 6.07) is 3.81. The van der Waals surface area contributed by atoms with Crippen LogP contribution in [0.4, 0.5) is 10.6 Å². The molecule has 140 valence electrons. The number of nitrogens with one attached hydrogen (secondary N) is 1. The van der Waals surface area contributed by atoms with Gasteiger partial charge in [0.15, 0.2) is 5.65 Å². The number of rotatable bonds is 2. The third-order valence-electron chi connectivity index (χ3n) is 4.35. The third-order valence-corrected chi connectivity index (χ3v) is 4.54. The fraction of sp³-hybridized carbons (Fsp3) is 0.556. The van der Waals surface area contributed by atoms with Crippen LogP contribution < -0.4 is 10.2 Å². The van der Waals surface area contributed by atoms with E-state index in [1.807, 2.05) is 32.9 Å². The summed E-state index contributed by atoms with van der Waals surface area (Å²) in [5, 5.41) is 3.37. The molecule has 7 nitrogen and oxygen atoms in total. The van der Waals surface area contributed by atoms with E-state index >= 15 is 0 Å². The molecule has 1 aliphatic heterocycles. The van der Waals surface area contributed by atoms with E-state index in [1.165, 1.54) is 6.20 Å². The highest BCUT2D eigenvalue weighted by Gasteiger charge is 2.33. The molecule has 1 amide bonds. The number of alkyl carbamates (subject to hydrolysis) is 1. The molecule has 26 heavy (non-hydrogen) atoms. The first kappa shape index (κ1) is 18.6. The monoisotopic (exact) mass is 377 g/mol. The predicted octanol–water partition coefficient (Wildman–Crippen LogP) is 3.56. The summed E-state index contributed by atoms with van der Waals surface area (Å²) < 4.78 is 5.37. The van der Waals surface area contributed by atoms with Crippen LogP contribution >= 0.6 is 11.6 Å². The SMILES string of the molecule is CC1(NC(=O)OC(C)(C)C)CCN(c2ccc3nc(Cl)cnc3n2)CC1. The standard InChI is InChI=1S/C18H24ClN5O2/c1-17(2,3)26-16(25)23-18(4)7-9-24(10-8-18)14-6-5-12-15(22-14)20-11-13(19)21-12/h5-6,11H,7-10H2,1-4H3,(H,23,25). The van der Waals surface area contributed by atoms with Crippen LogP contribution in [0.5, 0.6) is 0 Å². The average Bonchev–Trinajstić information content (AvgIpc) is 2.53. The van der Waals surface area contributed by atoms with Crippen LogP contribution in [0, 0.1) is 0 Å². The topological polar surface area (TPSA) is 80.2 Å². The van der Waals surface area contributed by atoms with E-state index in [2.05, 4.69) is 32.1 Å². The second kappa shape index (κ2) is 6.87. The van der Waals surface area contributed by atoms with Crippen LogP contribution in [-0.4, -0.2) is 45.3 Å². The number of aromatic nitrogens is 3. The number of ether oxygens (including phenoxy) is 1. The van der Waals surface area contributed by atoms with Crippen molar-refractivity contribution in [1.82, 2.24) is 20.3 Å². The smallest absolute Gasteiger partial charge is 0.408 e. The Morgan fingerprint density at radius 3 is 2.62 bits per heavy atom. The molecule has 3 heterocycles. The molecule has 8 heteroatoms. The van der Waals surface area contributed by atoms with Gasteiger partial charge in [-0.25, -0.2) is 19.7 Å². The lowest BCUT2D eigenvalue weighted by Crippen LogP contribution is -2.54. The van der Waals surface area contributed by atoms with Gasteiger partial charge in [0.2, 0.25) is 0 Å². The van der Waals surface area contributed by atoms with E-state index in [0.29, 0.717) is 16.3 Å². The molecule has 1 N–H and O–H groups in total. The summed E-state index contributed by atoms with van der Waals surface area (Å²) in [5.74, 6) is 0.855. The van der Waals surface area contributed by atoms with E-state index in [4.69, 9.17) is 16.3 Å². The van der Waals surface area contributed by atoms with Gasteiger partial charge in [-0.15, -0.1) is 0 Å². The van der Waals surface area contributed by atoms with Crippen molar-refractivity contribution in [1.29, 1.82) is 0 Å². The number of halogens is 1. The maximum atomic E-state index is 12.1. The first-order chi connectivity index (χ1) is 12.1. The summed E-state index contributed by atoms with van der Waals surface area (Å²) in [4.78, 5) is 27.3. The van der Waals surface area contributed by atoms with Gasteiger partial charge in [-0.3, -0.25) is 0 Å². The second-order valence-electron chi connectivity index (χ2n) is 7.88. The number of anilines is 1. The van der Waals surface area contributed by atoms with Crippen molar-refractivity contribution in [2.45, 2.75) is 51.7 Å². The maximum absolute atomic E-state index is 12.1. The first-order valence-corrected chi connectivity index (χ1v) is 9.07. The van der Waals surface area contributed by atoms with Crippen molar-refractivity contribution in [3.8, 4) is 0 Å². The molecule has 0 unspecified atom stereocenters. The number of fused-ring (bicyclic) bond motifs is 1. The number of pyridine rings is 1. The van der Waals surface area contributed by atoms with Gasteiger partial charge in [-0.1, -0.05) is 11.6 Å². The van der Waals surface area contributed by atoms with E-state index in [-0.39, 0.29) is 11.6 Å². The Morgan fingerprint density at radius 2 is 1.96 bits per heavy atom. The Kier molecular flexibility index (Phi) is 4.92. The van der Waals surface area contributed by atoms with Gasteiger partial charge in [0.1, 0.15) is 22.1 Å². The van der Waals surface area contributed by atoms with Gasteiger partial charge >= 0.3 is 6.09 Å². The molecule has 1 aliphatic rings. The van der Waals surface area contributed by atoms with Crippen LogP contribution in [0.2, 0.25) is 5.15 Å². The predicted molar refractivity (Wildman–Crippen MR) is 102 cm³/mol. The Labute approximate surface area is 158 Å². The fourth-order valence-corrected chi connectivity index (χ4v) is 3.09. The molecular formula is C18H24ClN5O2. The molecule has 0 aliphatic carbocycles. The lowest BCUT2D eigenvalue weighted by molar-refractivity contribution is 0.0448. The Morgan fingerprint density at radius 1 is 1.27 bits per heavy atom. The zero-order valence-corrected chi connectivity index (χ0v) is 16.3. The molecule has 1 saturated heterocycles. The number of piperidine rings is 1. The van der Waals surface area contributed by atoms with Crippen molar-refractivity contribution >= 4 is 34.7 Å². The maximum Gasteiger partial charge on any atom is 0.408 e. The molecule has 0 aromatic carbocycles. The number of hydrogen-bond acceptors (Lipinski definition) is 6. The first-order valence-electron chi connectivity index (χ1n) is 8.69. The van der Waals surface area contributed by atoms with Crippen molar-refractivity contribution in [3.05, 3.63) is 23.5 Å². The zero-order chi connectivity index (χ0) is 18.9. The summed E-state index contributed by atoms with van der Waals surface area (Å²) in [6.07, 6.45) is 2.74. The number of amides is 1. The summed E-state index contributed by atoms with van der Waals surface area (Å²) in [6.45, 7) is 9.20. The Balaban J connectivity index is 1.64. The summed E-state index contributed by atoms with van der Waals surface area (Å²) >= 11 is 5.86. The number of nitrogens with zero attached hydrogens (tertiary/aromatic N) is 4. The largest absolute Gasteiger partial charge is 0.444 e. The lowest BCUT2D eigenvalue weighted by Gasteiger charge is -2.40. The van der Waals surface area contributed by atoms with Crippen molar-refractivity contribution in [3.63, 3.8) is 0 Å². The zero-order valence-electron chi connectivity index (χ0n) is 15.5. The molecular weight excluding hydrogens is 354 g/mol. The van der Waals surface area contributed by atoms with E-state index < -0.39 is 5.60 Å². The summed E-state index contributed by atoms with van der Waals surface area (Å²) in [7, 11) is 0. The second-order valence-corrected chi connectivity index (χ2v) is 8.27. The van der Waals surface area contributed by atoms with Crippen molar-refractivity contribution < 1.29 is 9.53 Å². The average molecular weight is 378 g/mol. The van der Waals surface area contributed by atoms with Crippen LogP contribution in [0.25, 0.3) is 11.2 Å². The summed E-state index contributed by atoms with van der Waals surface area (Å²) in [5.41, 5.74) is 0.463. The highest BCUT2D eigenvalue weighted by molar-refractivity contribution is 6.29. The van der Waals surface area contributed by atoms with Gasteiger partial charge < -0.3 is 15.0 Å². The molecule has 0 atom stereocenters. The molecule has 2 aromatic rings. The van der Waals surface area contributed by atoms with Crippen LogP contribution in [-0.2, 0) is 4.74 Å². The van der Waals surface area contributed by atoms with Crippen LogP contribution in [0.3, 0.4) is 0 Å². The highest BCUT2D eigenvalue weighted by Crippen LogP contribution is 2.26. The van der Waals surface area contributed by atoms with Crippen LogP contribution in [0.15, 0.2) is 18.3 Å². The molecule has 2 aromatic heterocycles. The highest BCUT2D eigenvalue weighted by atomic mass is 35.5. The molecule has 0 saturated carbocycles. The molecule has 3 rings (SSSR count). The van der Waals surface area contributed by atoms with Gasteiger partial charge in [-0.05, 0) is 52.7 Å². The van der Waals surface area contributed by atoms with Crippen LogP contribution in [0.1, 0.15) is 40.5 Å². The number of carbonyl (C=O) groups excluding carboxylic acids is 1. The molecule has 1 fully saturated rings. The van der Waals surface area contributed by atoms with Gasteiger partial charge in [-0.2, -0.15) is 0 Å². The van der Waals surface area contributed by atoms with Gasteiger partial charge in [0.05, 0.1) is 6.20 Å². The fourth-order valence-electron chi connectivity index (χ4n) is 2.95. The molecule has 0 spiro atoms. The number of carbonyl (C=O) groups is 1. The molecule has 0 bridgehead atoms. The van der Waals surface area contributed by atoms with E-state index in [1.54, 1.807) is 0 Å². The van der Waals surface area contributed by atoms with Crippen molar-refractivity contribution in [2.24, 2.45) is 0 Å². The third kappa shape index (κ3) is 4.52. The minimum atomic E-state index is -0.500. The molecule has 0 radical (unpaired) electrons. The van der Waals surface area contributed by atoms with Gasteiger partial charge in [0.25, 0.3) is 0 Å². The Hall–Kier alpha value is -2.15. The normalized spacial score (nSPS) is 17.2. The minimum Gasteiger partial charge on any atom is -0.444 e. The number of hydrogen-bond donors (Lipinski definition) is 1.